The van der Waals surface area contributed by atoms with Crippen LogP contribution in [-0.4, -0.2) is 21.0 Å². The molecule has 2 aromatic heterocycles. The van der Waals surface area contributed by atoms with E-state index in [9.17, 15) is 9.90 Å². The lowest BCUT2D eigenvalue weighted by atomic mass is 10.1. The SMILES string of the molecule is Cc1cccc(-c2nc(-c3cccnc3)sc2C(=O)O)c1. The third-order valence-corrected chi connectivity index (χ3v) is 4.11. The van der Waals surface area contributed by atoms with Gasteiger partial charge in [0.15, 0.2) is 0 Å². The second-order valence-electron chi connectivity index (χ2n) is 4.61. The first-order chi connectivity index (χ1) is 10.1. The molecule has 4 nitrogen and oxygen atoms in total. The number of carbonyl (C=O) groups is 1. The quantitative estimate of drug-likeness (QED) is 0.796. The molecule has 0 saturated heterocycles. The highest BCUT2D eigenvalue weighted by molar-refractivity contribution is 7.17. The number of aryl methyl sites for hydroxylation is 1. The lowest BCUT2D eigenvalue weighted by molar-refractivity contribution is 0.0702. The standard InChI is InChI=1S/C16H12N2O2S/c1-10-4-2-5-11(8-10)13-14(16(19)20)21-15(18-13)12-6-3-7-17-9-12/h2-9H,1H3,(H,19,20). The van der Waals surface area contributed by atoms with Crippen LogP contribution in [0.4, 0.5) is 0 Å². The maximum Gasteiger partial charge on any atom is 0.348 e. The maximum absolute atomic E-state index is 11.5. The number of aromatic nitrogens is 2. The van der Waals surface area contributed by atoms with Gasteiger partial charge in [0.05, 0.1) is 5.69 Å². The van der Waals surface area contributed by atoms with Gasteiger partial charge in [-0.3, -0.25) is 4.98 Å². The van der Waals surface area contributed by atoms with E-state index in [1.54, 1.807) is 12.4 Å². The number of carboxylic acid groups (broad SMARTS) is 1. The first kappa shape index (κ1) is 13.5. The number of thiazole rings is 1. The lowest BCUT2D eigenvalue weighted by Crippen LogP contribution is -1.95. The van der Waals surface area contributed by atoms with E-state index in [4.69, 9.17) is 0 Å². The largest absolute Gasteiger partial charge is 0.477 e. The molecular formula is C16H12N2O2S. The summed E-state index contributed by atoms with van der Waals surface area (Å²) in [6, 6.07) is 11.4. The third-order valence-electron chi connectivity index (χ3n) is 3.02. The molecule has 0 aliphatic heterocycles. The zero-order valence-corrected chi connectivity index (χ0v) is 12.1. The topological polar surface area (TPSA) is 63.1 Å². The molecule has 0 aliphatic carbocycles. The molecule has 0 spiro atoms. The summed E-state index contributed by atoms with van der Waals surface area (Å²) in [5.74, 6) is -0.959. The van der Waals surface area contributed by atoms with E-state index in [-0.39, 0.29) is 4.88 Å². The monoisotopic (exact) mass is 296 g/mol. The van der Waals surface area contributed by atoms with Crippen molar-refractivity contribution in [2.75, 3.05) is 0 Å². The number of hydrogen-bond donors (Lipinski definition) is 1. The van der Waals surface area contributed by atoms with Gasteiger partial charge in [0, 0.05) is 23.5 Å². The number of rotatable bonds is 3. The normalized spacial score (nSPS) is 10.5. The number of nitrogens with zero attached hydrogens (tertiary/aromatic N) is 2. The molecule has 3 aromatic rings. The van der Waals surface area contributed by atoms with Crippen molar-refractivity contribution >= 4 is 17.3 Å². The number of pyridine rings is 1. The Balaban J connectivity index is 2.16. The van der Waals surface area contributed by atoms with Crippen molar-refractivity contribution in [1.82, 2.24) is 9.97 Å². The fraction of sp³-hybridized carbons (Fsp3) is 0.0625. The smallest absolute Gasteiger partial charge is 0.348 e. The maximum atomic E-state index is 11.5. The summed E-state index contributed by atoms with van der Waals surface area (Å²) >= 11 is 1.17. The Morgan fingerprint density at radius 1 is 1.19 bits per heavy atom. The van der Waals surface area contributed by atoms with Gasteiger partial charge < -0.3 is 5.11 Å². The van der Waals surface area contributed by atoms with Crippen LogP contribution in [0.3, 0.4) is 0 Å². The molecule has 0 amide bonds. The van der Waals surface area contributed by atoms with Crippen LogP contribution in [0, 0.1) is 6.92 Å². The molecule has 0 bridgehead atoms. The van der Waals surface area contributed by atoms with E-state index >= 15 is 0 Å². The Labute approximate surface area is 125 Å². The molecule has 0 atom stereocenters. The van der Waals surface area contributed by atoms with Crippen molar-refractivity contribution in [3.8, 4) is 21.8 Å². The Morgan fingerprint density at radius 3 is 2.67 bits per heavy atom. The second kappa shape index (κ2) is 5.46. The van der Waals surface area contributed by atoms with Gasteiger partial charge in [-0.2, -0.15) is 0 Å². The Kier molecular flexibility index (Phi) is 3.50. The van der Waals surface area contributed by atoms with Gasteiger partial charge in [-0.15, -0.1) is 11.3 Å². The van der Waals surface area contributed by atoms with Crippen LogP contribution in [0.2, 0.25) is 0 Å². The van der Waals surface area contributed by atoms with Crippen LogP contribution in [0.1, 0.15) is 15.2 Å². The average Bonchev–Trinajstić information content (AvgIpc) is 2.93. The van der Waals surface area contributed by atoms with Crippen LogP contribution in [-0.2, 0) is 0 Å². The molecule has 0 radical (unpaired) electrons. The highest BCUT2D eigenvalue weighted by Gasteiger charge is 2.19. The minimum Gasteiger partial charge on any atom is -0.477 e. The van der Waals surface area contributed by atoms with Crippen LogP contribution >= 0.6 is 11.3 Å². The van der Waals surface area contributed by atoms with E-state index in [0.29, 0.717) is 10.7 Å². The van der Waals surface area contributed by atoms with Gasteiger partial charge in [-0.05, 0) is 25.1 Å². The summed E-state index contributed by atoms with van der Waals surface area (Å²) in [4.78, 5) is 20.3. The summed E-state index contributed by atoms with van der Waals surface area (Å²) in [6.45, 7) is 1.97. The molecule has 5 heteroatoms. The summed E-state index contributed by atoms with van der Waals surface area (Å²) in [6.07, 6.45) is 3.36. The van der Waals surface area contributed by atoms with Crippen LogP contribution < -0.4 is 0 Å². The Bertz CT molecular complexity index is 797. The third kappa shape index (κ3) is 2.68. The van der Waals surface area contributed by atoms with E-state index in [2.05, 4.69) is 9.97 Å². The minimum absolute atomic E-state index is 0.249. The molecule has 21 heavy (non-hydrogen) atoms. The van der Waals surface area contributed by atoms with Crippen molar-refractivity contribution in [1.29, 1.82) is 0 Å². The average molecular weight is 296 g/mol. The molecule has 0 saturated carbocycles. The molecule has 0 fully saturated rings. The number of carboxylic acids is 1. The van der Waals surface area contributed by atoms with E-state index in [1.165, 1.54) is 11.3 Å². The first-order valence-corrected chi connectivity index (χ1v) is 7.18. The fourth-order valence-corrected chi connectivity index (χ4v) is 2.98. The predicted molar refractivity (Wildman–Crippen MR) is 82.5 cm³/mol. The molecule has 3 rings (SSSR count). The highest BCUT2D eigenvalue weighted by atomic mass is 32.1. The lowest BCUT2D eigenvalue weighted by Gasteiger charge is -2.00. The number of aromatic carboxylic acids is 1. The molecule has 0 aliphatic rings. The molecule has 1 N–H and O–H groups in total. The number of benzene rings is 1. The van der Waals surface area contributed by atoms with E-state index < -0.39 is 5.97 Å². The summed E-state index contributed by atoms with van der Waals surface area (Å²) in [7, 11) is 0. The number of hydrogen-bond acceptors (Lipinski definition) is 4. The molecule has 2 heterocycles. The van der Waals surface area contributed by atoms with Crippen molar-refractivity contribution in [3.63, 3.8) is 0 Å². The molecule has 0 unspecified atom stereocenters. The van der Waals surface area contributed by atoms with Crippen molar-refractivity contribution in [2.45, 2.75) is 6.92 Å². The van der Waals surface area contributed by atoms with Crippen molar-refractivity contribution < 1.29 is 9.90 Å². The molecule has 1 aromatic carbocycles. The fourth-order valence-electron chi connectivity index (χ4n) is 2.07. The van der Waals surface area contributed by atoms with Gasteiger partial charge in [-0.25, -0.2) is 9.78 Å². The van der Waals surface area contributed by atoms with E-state index in [0.717, 1.165) is 16.7 Å². The van der Waals surface area contributed by atoms with E-state index in [1.807, 2.05) is 43.3 Å². The van der Waals surface area contributed by atoms with Crippen molar-refractivity contribution in [2.24, 2.45) is 0 Å². The van der Waals surface area contributed by atoms with Gasteiger partial charge in [0.2, 0.25) is 0 Å². The zero-order valence-electron chi connectivity index (χ0n) is 11.3. The van der Waals surface area contributed by atoms with Gasteiger partial charge in [-0.1, -0.05) is 23.8 Å². The van der Waals surface area contributed by atoms with Crippen LogP contribution in [0.25, 0.3) is 21.8 Å². The van der Waals surface area contributed by atoms with Gasteiger partial charge in [0.1, 0.15) is 9.88 Å². The second-order valence-corrected chi connectivity index (χ2v) is 5.61. The molecule has 104 valence electrons. The first-order valence-electron chi connectivity index (χ1n) is 6.36. The van der Waals surface area contributed by atoms with Crippen molar-refractivity contribution in [3.05, 3.63) is 59.2 Å². The summed E-state index contributed by atoms with van der Waals surface area (Å²) in [5, 5.41) is 10.1. The van der Waals surface area contributed by atoms with Gasteiger partial charge >= 0.3 is 5.97 Å². The Morgan fingerprint density at radius 2 is 2.00 bits per heavy atom. The van der Waals surface area contributed by atoms with Crippen LogP contribution in [0.15, 0.2) is 48.8 Å². The predicted octanol–water partition coefficient (Wildman–Crippen LogP) is 3.88. The molecular weight excluding hydrogens is 284 g/mol. The highest BCUT2D eigenvalue weighted by Crippen LogP contribution is 2.33. The summed E-state index contributed by atoms with van der Waals surface area (Å²) < 4.78 is 0. The minimum atomic E-state index is -0.959. The zero-order chi connectivity index (χ0) is 14.8. The summed E-state index contributed by atoms with van der Waals surface area (Å²) in [5.41, 5.74) is 3.22. The van der Waals surface area contributed by atoms with Crippen LogP contribution in [0.5, 0.6) is 0 Å². The Hall–Kier alpha value is -2.53. The van der Waals surface area contributed by atoms with Gasteiger partial charge in [0.25, 0.3) is 0 Å².